The van der Waals surface area contributed by atoms with E-state index in [0.29, 0.717) is 13.3 Å². The Balaban J connectivity index is 2.67. The van der Waals surface area contributed by atoms with Crippen LogP contribution in [0.4, 0.5) is 0 Å². The molecule has 5 heteroatoms. The Bertz CT molecular complexity index is 183. The zero-order valence-corrected chi connectivity index (χ0v) is 7.26. The molecule has 0 radical (unpaired) electrons. The largest absolute Gasteiger partial charge is 0.307 e. The summed E-state index contributed by atoms with van der Waals surface area (Å²) in [6.45, 7) is 3.92. The Morgan fingerprint density at radius 1 is 1.42 bits per heavy atom. The van der Waals surface area contributed by atoms with Crippen LogP contribution >= 0.6 is 0 Å². The van der Waals surface area contributed by atoms with Crippen LogP contribution in [0.1, 0.15) is 13.8 Å². The molecule has 5 nitrogen and oxygen atoms in total. The molecule has 0 spiro atoms. The molecule has 1 rings (SSSR count). The molecule has 1 amide bonds. The van der Waals surface area contributed by atoms with Crippen LogP contribution in [0.5, 0.6) is 0 Å². The minimum Gasteiger partial charge on any atom is -0.307 e. The van der Waals surface area contributed by atoms with E-state index in [4.69, 9.17) is 0 Å². The van der Waals surface area contributed by atoms with Crippen molar-refractivity contribution in [2.24, 2.45) is 0 Å². The lowest BCUT2D eigenvalue weighted by Crippen LogP contribution is -2.62. The van der Waals surface area contributed by atoms with Crippen LogP contribution in [0.25, 0.3) is 0 Å². The number of Topliss-reactive ketones (excluding diaryl/α,β-unsaturated/α-hetero) is 1. The summed E-state index contributed by atoms with van der Waals surface area (Å²) in [6.07, 6.45) is -0.455. The van der Waals surface area contributed by atoms with Gasteiger partial charge in [-0.3, -0.25) is 20.2 Å². The fraction of sp³-hybridized carbons (Fsp3) is 0.714. The normalized spacial score (nSPS) is 23.8. The Hall–Kier alpha value is -0.940. The minimum absolute atomic E-state index is 0.0355. The fourth-order valence-corrected chi connectivity index (χ4v) is 1.20. The molecule has 1 fully saturated rings. The Morgan fingerprint density at radius 3 is 2.50 bits per heavy atom. The average Bonchev–Trinajstić information content (AvgIpc) is 2.04. The van der Waals surface area contributed by atoms with E-state index in [0.717, 1.165) is 0 Å². The topological polar surface area (TPSA) is 61.4 Å². The number of amides is 1. The molecule has 68 valence electrons. The molecule has 0 aromatic carbocycles. The van der Waals surface area contributed by atoms with E-state index < -0.39 is 6.17 Å². The maximum absolute atomic E-state index is 11.0. The van der Waals surface area contributed by atoms with E-state index in [1.165, 1.54) is 18.7 Å². The summed E-state index contributed by atoms with van der Waals surface area (Å²) in [5, 5.41) is 5.84. The van der Waals surface area contributed by atoms with Gasteiger partial charge in [0.25, 0.3) is 0 Å². The summed E-state index contributed by atoms with van der Waals surface area (Å²) in [4.78, 5) is 23.5. The van der Waals surface area contributed by atoms with E-state index in [1.54, 1.807) is 0 Å². The third-order valence-corrected chi connectivity index (χ3v) is 1.80. The van der Waals surface area contributed by atoms with Crippen molar-refractivity contribution in [1.82, 2.24) is 15.5 Å². The van der Waals surface area contributed by atoms with Crippen molar-refractivity contribution in [2.45, 2.75) is 20.0 Å². The highest BCUT2D eigenvalue weighted by molar-refractivity contribution is 5.86. The van der Waals surface area contributed by atoms with Gasteiger partial charge in [0, 0.05) is 13.6 Å². The first-order chi connectivity index (χ1) is 5.63. The summed E-state index contributed by atoms with van der Waals surface area (Å²) in [7, 11) is 0. The van der Waals surface area contributed by atoms with Crippen LogP contribution in [0.3, 0.4) is 0 Å². The van der Waals surface area contributed by atoms with Gasteiger partial charge in [0.15, 0.2) is 5.78 Å². The third kappa shape index (κ3) is 1.80. The van der Waals surface area contributed by atoms with Crippen LogP contribution in [0.15, 0.2) is 0 Å². The van der Waals surface area contributed by atoms with Crippen molar-refractivity contribution in [3.8, 4) is 0 Å². The average molecular weight is 171 g/mol. The summed E-state index contributed by atoms with van der Waals surface area (Å²) in [6, 6.07) is 0. The first-order valence-corrected chi connectivity index (χ1v) is 3.84. The van der Waals surface area contributed by atoms with E-state index in [2.05, 4.69) is 10.6 Å². The molecule has 0 saturated carbocycles. The second kappa shape index (κ2) is 3.64. The molecule has 0 aromatic heterocycles. The van der Waals surface area contributed by atoms with Crippen LogP contribution in [0.2, 0.25) is 0 Å². The zero-order chi connectivity index (χ0) is 9.14. The standard InChI is InChI=1S/C7H13N3O2/c1-5(11)7-9-3-8-4-10(7)6(2)12/h7-9H,3-4H2,1-2H3. The highest BCUT2D eigenvalue weighted by atomic mass is 16.2. The molecule has 1 unspecified atom stereocenters. The van der Waals surface area contributed by atoms with Gasteiger partial charge in [-0.1, -0.05) is 0 Å². The van der Waals surface area contributed by atoms with Gasteiger partial charge in [0.1, 0.15) is 6.17 Å². The zero-order valence-electron chi connectivity index (χ0n) is 7.26. The molecule has 1 heterocycles. The summed E-state index contributed by atoms with van der Waals surface area (Å²) >= 11 is 0. The predicted octanol–water partition coefficient (Wildman–Crippen LogP) is -1.14. The highest BCUT2D eigenvalue weighted by Gasteiger charge is 2.26. The Morgan fingerprint density at radius 2 is 2.08 bits per heavy atom. The maximum atomic E-state index is 11.0. The maximum Gasteiger partial charge on any atom is 0.222 e. The number of hydrogen-bond acceptors (Lipinski definition) is 4. The second-order valence-corrected chi connectivity index (χ2v) is 2.79. The first kappa shape index (κ1) is 9.15. The van der Waals surface area contributed by atoms with Crippen molar-refractivity contribution in [1.29, 1.82) is 0 Å². The van der Waals surface area contributed by atoms with Gasteiger partial charge >= 0.3 is 0 Å². The van der Waals surface area contributed by atoms with E-state index in [1.807, 2.05) is 0 Å². The van der Waals surface area contributed by atoms with Gasteiger partial charge < -0.3 is 4.90 Å². The van der Waals surface area contributed by atoms with Gasteiger partial charge in [0.2, 0.25) is 5.91 Å². The molecule has 0 bridgehead atoms. The molecule has 0 aromatic rings. The highest BCUT2D eigenvalue weighted by Crippen LogP contribution is 2.00. The third-order valence-electron chi connectivity index (χ3n) is 1.80. The molecular formula is C7H13N3O2. The quantitative estimate of drug-likeness (QED) is 0.523. The van der Waals surface area contributed by atoms with Gasteiger partial charge in [-0.25, -0.2) is 0 Å². The molecule has 2 N–H and O–H groups in total. The number of nitrogens with zero attached hydrogens (tertiary/aromatic N) is 1. The fourth-order valence-electron chi connectivity index (χ4n) is 1.20. The van der Waals surface area contributed by atoms with E-state index >= 15 is 0 Å². The summed E-state index contributed by atoms with van der Waals surface area (Å²) < 4.78 is 0. The molecule has 1 atom stereocenters. The number of hydrogen-bond donors (Lipinski definition) is 2. The Labute approximate surface area is 71.1 Å². The van der Waals surface area contributed by atoms with Crippen molar-refractivity contribution >= 4 is 11.7 Å². The van der Waals surface area contributed by atoms with Gasteiger partial charge in [-0.2, -0.15) is 0 Å². The van der Waals surface area contributed by atoms with Crippen LogP contribution in [-0.4, -0.2) is 36.1 Å². The smallest absolute Gasteiger partial charge is 0.222 e. The lowest BCUT2D eigenvalue weighted by atomic mass is 10.3. The molecular weight excluding hydrogens is 158 g/mol. The lowest BCUT2D eigenvalue weighted by molar-refractivity contribution is -0.140. The molecule has 0 aliphatic carbocycles. The van der Waals surface area contributed by atoms with Crippen molar-refractivity contribution in [2.75, 3.05) is 13.3 Å². The van der Waals surface area contributed by atoms with Crippen molar-refractivity contribution in [3.05, 3.63) is 0 Å². The number of ketones is 1. The first-order valence-electron chi connectivity index (χ1n) is 3.84. The number of rotatable bonds is 1. The molecule has 1 aliphatic heterocycles. The van der Waals surface area contributed by atoms with Crippen molar-refractivity contribution < 1.29 is 9.59 Å². The summed E-state index contributed by atoms with van der Waals surface area (Å²) in [5.41, 5.74) is 0. The van der Waals surface area contributed by atoms with Crippen LogP contribution in [-0.2, 0) is 9.59 Å². The predicted molar refractivity (Wildman–Crippen MR) is 43.0 cm³/mol. The van der Waals surface area contributed by atoms with E-state index in [-0.39, 0.29) is 11.7 Å². The summed E-state index contributed by atoms with van der Waals surface area (Å²) in [5.74, 6) is -0.137. The molecule has 12 heavy (non-hydrogen) atoms. The lowest BCUT2D eigenvalue weighted by Gasteiger charge is -2.34. The van der Waals surface area contributed by atoms with E-state index in [9.17, 15) is 9.59 Å². The molecule has 1 saturated heterocycles. The van der Waals surface area contributed by atoms with Gasteiger partial charge in [0.05, 0.1) is 6.67 Å². The van der Waals surface area contributed by atoms with Crippen LogP contribution in [0, 0.1) is 0 Å². The van der Waals surface area contributed by atoms with Gasteiger partial charge in [-0.05, 0) is 6.92 Å². The van der Waals surface area contributed by atoms with Crippen LogP contribution < -0.4 is 10.6 Å². The number of carbonyl (C=O) groups is 2. The number of nitrogens with one attached hydrogen (secondary N) is 2. The van der Waals surface area contributed by atoms with Gasteiger partial charge in [-0.15, -0.1) is 0 Å². The second-order valence-electron chi connectivity index (χ2n) is 2.79. The minimum atomic E-state index is -0.455. The monoisotopic (exact) mass is 171 g/mol. The SMILES string of the molecule is CC(=O)C1NCNCN1C(C)=O. The Kier molecular flexibility index (Phi) is 2.78. The number of carbonyl (C=O) groups excluding carboxylic acids is 2. The molecule has 1 aliphatic rings. The van der Waals surface area contributed by atoms with Crippen molar-refractivity contribution in [3.63, 3.8) is 0 Å².